The van der Waals surface area contributed by atoms with Crippen molar-refractivity contribution in [2.45, 2.75) is 11.2 Å². The van der Waals surface area contributed by atoms with Gasteiger partial charge in [0.25, 0.3) is 0 Å². The van der Waals surface area contributed by atoms with Crippen LogP contribution in [-0.4, -0.2) is 22.3 Å². The summed E-state index contributed by atoms with van der Waals surface area (Å²) in [6.45, 7) is 0.673. The van der Waals surface area contributed by atoms with Crippen LogP contribution in [0.2, 0.25) is 0 Å². The highest BCUT2D eigenvalue weighted by atomic mass is 79.9. The maximum Gasteiger partial charge on any atom is 0.229 e. The Bertz CT molecular complexity index is 410. The molecule has 2 rings (SSSR count). The SMILES string of the molecule is O=C1CC(Br)CN1c1ncc(Br)cc1Br. The van der Waals surface area contributed by atoms with Gasteiger partial charge in [-0.25, -0.2) is 4.98 Å². The monoisotopic (exact) mass is 396 g/mol. The Kier molecular flexibility index (Phi) is 3.47. The number of aromatic nitrogens is 1. The van der Waals surface area contributed by atoms with Crippen LogP contribution in [-0.2, 0) is 4.79 Å². The van der Waals surface area contributed by atoms with Crippen LogP contribution in [0.4, 0.5) is 5.82 Å². The van der Waals surface area contributed by atoms with Crippen LogP contribution in [0.1, 0.15) is 6.42 Å². The molecule has 0 saturated carbocycles. The van der Waals surface area contributed by atoms with Crippen LogP contribution in [0, 0.1) is 0 Å². The van der Waals surface area contributed by atoms with Crippen LogP contribution >= 0.6 is 47.8 Å². The van der Waals surface area contributed by atoms with E-state index in [1.807, 2.05) is 6.07 Å². The molecule has 2 heterocycles. The molecule has 0 spiro atoms. The Morgan fingerprint density at radius 1 is 1.47 bits per heavy atom. The summed E-state index contributed by atoms with van der Waals surface area (Å²) >= 11 is 10.2. The lowest BCUT2D eigenvalue weighted by molar-refractivity contribution is -0.117. The first kappa shape index (κ1) is 11.5. The van der Waals surface area contributed by atoms with Crippen molar-refractivity contribution in [3.05, 3.63) is 21.2 Å². The number of pyridine rings is 1. The predicted octanol–water partition coefficient (Wildman–Crippen LogP) is 3.11. The van der Waals surface area contributed by atoms with E-state index in [1.54, 1.807) is 11.1 Å². The molecule has 0 bridgehead atoms. The first-order chi connectivity index (χ1) is 7.08. The summed E-state index contributed by atoms with van der Waals surface area (Å²) < 4.78 is 1.71. The molecule has 0 aliphatic carbocycles. The minimum absolute atomic E-state index is 0.104. The zero-order valence-electron chi connectivity index (χ0n) is 7.58. The number of rotatable bonds is 1. The molecule has 3 nitrogen and oxygen atoms in total. The summed E-state index contributed by atoms with van der Waals surface area (Å²) in [6, 6.07) is 1.89. The molecular weight excluding hydrogens is 392 g/mol. The molecule has 1 aromatic rings. The Balaban J connectivity index is 2.34. The van der Waals surface area contributed by atoms with Crippen molar-refractivity contribution >= 4 is 59.5 Å². The average molecular weight is 399 g/mol. The van der Waals surface area contributed by atoms with Gasteiger partial charge in [0.2, 0.25) is 5.91 Å². The lowest BCUT2D eigenvalue weighted by atomic mass is 10.4. The summed E-state index contributed by atoms with van der Waals surface area (Å²) in [7, 11) is 0. The van der Waals surface area contributed by atoms with Gasteiger partial charge >= 0.3 is 0 Å². The number of hydrogen-bond donors (Lipinski definition) is 0. The number of carbonyl (C=O) groups is 1. The minimum atomic E-state index is 0.104. The van der Waals surface area contributed by atoms with E-state index in [2.05, 4.69) is 52.8 Å². The average Bonchev–Trinajstić information content (AvgIpc) is 2.45. The maximum absolute atomic E-state index is 11.6. The third kappa shape index (κ3) is 2.42. The van der Waals surface area contributed by atoms with E-state index in [-0.39, 0.29) is 10.7 Å². The molecule has 0 aromatic carbocycles. The predicted molar refractivity (Wildman–Crippen MR) is 69.3 cm³/mol. The maximum atomic E-state index is 11.6. The van der Waals surface area contributed by atoms with Gasteiger partial charge in [-0.15, -0.1) is 0 Å². The molecule has 6 heteroatoms. The van der Waals surface area contributed by atoms with E-state index >= 15 is 0 Å². The summed E-state index contributed by atoms with van der Waals surface area (Å²) in [5, 5.41) is 0. The lowest BCUT2D eigenvalue weighted by Crippen LogP contribution is -2.25. The number of hydrogen-bond acceptors (Lipinski definition) is 2. The molecule has 1 aromatic heterocycles. The van der Waals surface area contributed by atoms with Gasteiger partial charge in [-0.3, -0.25) is 9.69 Å². The molecular formula is C9H7Br3N2O. The van der Waals surface area contributed by atoms with E-state index in [0.717, 1.165) is 8.95 Å². The number of carbonyl (C=O) groups excluding carboxylic acids is 1. The molecule has 1 atom stereocenters. The minimum Gasteiger partial charge on any atom is -0.295 e. The van der Waals surface area contributed by atoms with Gasteiger partial charge in [0.05, 0.1) is 4.47 Å². The molecule has 1 aliphatic heterocycles. The van der Waals surface area contributed by atoms with Crippen molar-refractivity contribution in [2.24, 2.45) is 0 Å². The molecule has 1 fully saturated rings. The Morgan fingerprint density at radius 2 is 2.20 bits per heavy atom. The Hall–Kier alpha value is 0.0600. The van der Waals surface area contributed by atoms with Gasteiger partial charge in [0, 0.05) is 28.5 Å². The fourth-order valence-electron chi connectivity index (χ4n) is 1.47. The fourth-order valence-corrected chi connectivity index (χ4v) is 3.24. The van der Waals surface area contributed by atoms with Crippen molar-refractivity contribution in [3.8, 4) is 0 Å². The fraction of sp³-hybridized carbons (Fsp3) is 0.333. The van der Waals surface area contributed by atoms with Crippen molar-refractivity contribution < 1.29 is 4.79 Å². The molecule has 1 saturated heterocycles. The van der Waals surface area contributed by atoms with Gasteiger partial charge in [-0.05, 0) is 37.9 Å². The smallest absolute Gasteiger partial charge is 0.229 e. The normalized spacial score (nSPS) is 21.1. The van der Waals surface area contributed by atoms with Crippen molar-refractivity contribution in [1.82, 2.24) is 4.98 Å². The largest absolute Gasteiger partial charge is 0.295 e. The van der Waals surface area contributed by atoms with Crippen molar-refractivity contribution in [3.63, 3.8) is 0 Å². The van der Waals surface area contributed by atoms with Gasteiger partial charge in [0.1, 0.15) is 5.82 Å². The van der Waals surface area contributed by atoms with Crippen LogP contribution in [0.5, 0.6) is 0 Å². The first-order valence-corrected chi connectivity index (χ1v) is 6.83. The van der Waals surface area contributed by atoms with E-state index < -0.39 is 0 Å². The molecule has 1 amide bonds. The second-order valence-electron chi connectivity index (χ2n) is 3.26. The highest BCUT2D eigenvalue weighted by Gasteiger charge is 2.30. The van der Waals surface area contributed by atoms with E-state index in [1.165, 1.54) is 0 Å². The quantitative estimate of drug-likeness (QED) is 0.681. The Morgan fingerprint density at radius 3 is 2.73 bits per heavy atom. The molecule has 1 aliphatic rings. The zero-order valence-corrected chi connectivity index (χ0v) is 12.3. The van der Waals surface area contributed by atoms with Crippen molar-refractivity contribution in [2.75, 3.05) is 11.4 Å². The number of anilines is 1. The molecule has 0 N–H and O–H groups in total. The molecule has 80 valence electrons. The number of amides is 1. The second-order valence-corrected chi connectivity index (χ2v) is 6.33. The van der Waals surface area contributed by atoms with Gasteiger partial charge in [0.15, 0.2) is 0 Å². The van der Waals surface area contributed by atoms with E-state index in [4.69, 9.17) is 0 Å². The topological polar surface area (TPSA) is 33.2 Å². The summed E-state index contributed by atoms with van der Waals surface area (Å²) in [4.78, 5) is 17.8. The van der Waals surface area contributed by atoms with Crippen LogP contribution in [0.25, 0.3) is 0 Å². The number of nitrogens with zero attached hydrogens (tertiary/aromatic N) is 2. The summed E-state index contributed by atoms with van der Waals surface area (Å²) in [5.74, 6) is 0.789. The second kappa shape index (κ2) is 4.51. The van der Waals surface area contributed by atoms with E-state index in [9.17, 15) is 4.79 Å². The summed E-state index contributed by atoms with van der Waals surface area (Å²) in [6.07, 6.45) is 2.22. The molecule has 1 unspecified atom stereocenters. The van der Waals surface area contributed by atoms with Gasteiger partial charge in [-0.1, -0.05) is 15.9 Å². The standard InChI is InChI=1S/C9H7Br3N2O/c10-5-1-7(12)9(13-3-5)14-4-6(11)2-8(14)15/h1,3,6H,2,4H2. The molecule has 15 heavy (non-hydrogen) atoms. The first-order valence-electron chi connectivity index (χ1n) is 4.33. The Labute approximate surface area is 113 Å². The highest BCUT2D eigenvalue weighted by molar-refractivity contribution is 9.11. The van der Waals surface area contributed by atoms with Gasteiger partial charge < -0.3 is 0 Å². The van der Waals surface area contributed by atoms with E-state index in [0.29, 0.717) is 18.8 Å². The van der Waals surface area contributed by atoms with Crippen LogP contribution in [0.15, 0.2) is 21.2 Å². The molecule has 0 radical (unpaired) electrons. The lowest BCUT2D eigenvalue weighted by Gasteiger charge is -2.16. The number of halogens is 3. The third-order valence-corrected chi connectivity index (χ3v) is 3.75. The third-order valence-electron chi connectivity index (χ3n) is 2.12. The highest BCUT2D eigenvalue weighted by Crippen LogP contribution is 2.31. The zero-order chi connectivity index (χ0) is 11.0. The van der Waals surface area contributed by atoms with Crippen LogP contribution in [0.3, 0.4) is 0 Å². The van der Waals surface area contributed by atoms with Crippen LogP contribution < -0.4 is 4.90 Å². The van der Waals surface area contributed by atoms with Crippen molar-refractivity contribution in [1.29, 1.82) is 0 Å². The number of alkyl halides is 1. The summed E-state index contributed by atoms with van der Waals surface area (Å²) in [5.41, 5.74) is 0. The van der Waals surface area contributed by atoms with Gasteiger partial charge in [-0.2, -0.15) is 0 Å².